The normalized spacial score (nSPS) is 20.2. The minimum atomic E-state index is -0.214. The van der Waals surface area contributed by atoms with Gasteiger partial charge in [-0.3, -0.25) is 9.69 Å². The van der Waals surface area contributed by atoms with Crippen LogP contribution in [0.15, 0.2) is 0 Å². The molecule has 0 saturated carbocycles. The highest BCUT2D eigenvalue weighted by molar-refractivity contribution is 5.65. The highest BCUT2D eigenvalue weighted by Gasteiger charge is 2.18. The summed E-state index contributed by atoms with van der Waals surface area (Å²) in [6.07, 6.45) is 2.43. The molecule has 0 radical (unpaired) electrons. The molecule has 0 N–H and O–H groups in total. The van der Waals surface area contributed by atoms with E-state index in [1.165, 1.54) is 6.92 Å². The summed E-state index contributed by atoms with van der Waals surface area (Å²) in [4.78, 5) is 12.7. The average molecular weight is 187 g/mol. The van der Waals surface area contributed by atoms with E-state index in [0.29, 0.717) is 12.8 Å². The molecule has 1 rings (SSSR count). The molecule has 0 aliphatic carbocycles. The average Bonchev–Trinajstić information content (AvgIpc) is 2.15. The van der Waals surface area contributed by atoms with Crippen LogP contribution in [0.25, 0.3) is 0 Å². The number of likely N-dealkylation sites (tertiary alicyclic amines) is 1. The van der Waals surface area contributed by atoms with Crippen molar-refractivity contribution >= 4 is 5.97 Å². The lowest BCUT2D eigenvalue weighted by Gasteiger charge is -2.30. The molecule has 4 heteroatoms. The number of ether oxygens (including phenoxy) is 2. The third-order valence-electron chi connectivity index (χ3n) is 2.32. The van der Waals surface area contributed by atoms with Crippen molar-refractivity contribution in [3.05, 3.63) is 0 Å². The van der Waals surface area contributed by atoms with Crippen LogP contribution in [0.5, 0.6) is 0 Å². The SMILES string of the molecule is COC1CCN(COC(C)=O)CC1. The van der Waals surface area contributed by atoms with E-state index >= 15 is 0 Å². The lowest BCUT2D eigenvalue weighted by molar-refractivity contribution is -0.146. The van der Waals surface area contributed by atoms with Crippen LogP contribution in [0.1, 0.15) is 19.8 Å². The van der Waals surface area contributed by atoms with Gasteiger partial charge in [-0.1, -0.05) is 0 Å². The van der Waals surface area contributed by atoms with Gasteiger partial charge in [0.05, 0.1) is 6.10 Å². The number of hydrogen-bond donors (Lipinski definition) is 0. The molecule has 1 aliphatic heterocycles. The highest BCUT2D eigenvalue weighted by atomic mass is 16.5. The molecule has 76 valence electrons. The van der Waals surface area contributed by atoms with Crippen LogP contribution < -0.4 is 0 Å². The minimum Gasteiger partial charge on any atom is -0.450 e. The lowest BCUT2D eigenvalue weighted by Crippen LogP contribution is -2.38. The lowest BCUT2D eigenvalue weighted by atomic mass is 10.1. The molecule has 0 aromatic heterocycles. The Morgan fingerprint density at radius 1 is 1.46 bits per heavy atom. The van der Waals surface area contributed by atoms with Gasteiger partial charge in [-0.25, -0.2) is 0 Å². The van der Waals surface area contributed by atoms with E-state index in [2.05, 4.69) is 4.90 Å². The van der Waals surface area contributed by atoms with Gasteiger partial charge in [-0.05, 0) is 12.8 Å². The van der Waals surface area contributed by atoms with E-state index in [1.54, 1.807) is 7.11 Å². The number of carbonyl (C=O) groups excluding carboxylic acids is 1. The van der Waals surface area contributed by atoms with E-state index < -0.39 is 0 Å². The second-order valence-corrected chi connectivity index (χ2v) is 3.32. The van der Waals surface area contributed by atoms with E-state index in [9.17, 15) is 4.79 Å². The summed E-state index contributed by atoms with van der Waals surface area (Å²) in [6.45, 7) is 3.76. The summed E-state index contributed by atoms with van der Waals surface area (Å²) in [5.74, 6) is -0.214. The van der Waals surface area contributed by atoms with Crippen LogP contribution in [0, 0.1) is 0 Å². The van der Waals surface area contributed by atoms with Gasteiger partial charge in [-0.2, -0.15) is 0 Å². The maximum Gasteiger partial charge on any atom is 0.303 e. The van der Waals surface area contributed by atoms with Gasteiger partial charge in [0.25, 0.3) is 0 Å². The Kier molecular flexibility index (Phi) is 4.18. The molecule has 0 unspecified atom stereocenters. The Balaban J connectivity index is 2.14. The van der Waals surface area contributed by atoms with Crippen molar-refractivity contribution in [3.63, 3.8) is 0 Å². The monoisotopic (exact) mass is 187 g/mol. The maximum atomic E-state index is 10.5. The highest BCUT2D eigenvalue weighted by Crippen LogP contribution is 2.12. The van der Waals surface area contributed by atoms with E-state index in [0.717, 1.165) is 25.9 Å². The number of esters is 1. The first-order valence-electron chi connectivity index (χ1n) is 4.61. The molecule has 1 heterocycles. The molecule has 4 nitrogen and oxygen atoms in total. The van der Waals surface area contributed by atoms with Gasteiger partial charge in [0, 0.05) is 27.1 Å². The second kappa shape index (κ2) is 5.19. The Morgan fingerprint density at radius 3 is 2.54 bits per heavy atom. The number of rotatable bonds is 3. The number of hydrogen-bond acceptors (Lipinski definition) is 4. The Bertz CT molecular complexity index is 164. The molecule has 0 aromatic rings. The maximum absolute atomic E-state index is 10.5. The minimum absolute atomic E-state index is 0.214. The molecule has 0 bridgehead atoms. The van der Waals surface area contributed by atoms with Gasteiger partial charge >= 0.3 is 5.97 Å². The van der Waals surface area contributed by atoms with E-state index in [-0.39, 0.29) is 5.97 Å². The van der Waals surface area contributed by atoms with Crippen molar-refractivity contribution in [3.8, 4) is 0 Å². The predicted molar refractivity (Wildman–Crippen MR) is 48.2 cm³/mol. The molecular formula is C9H17NO3. The zero-order valence-electron chi connectivity index (χ0n) is 8.28. The van der Waals surface area contributed by atoms with E-state index in [4.69, 9.17) is 9.47 Å². The van der Waals surface area contributed by atoms with Gasteiger partial charge in [-0.15, -0.1) is 0 Å². The molecular weight excluding hydrogens is 170 g/mol. The summed E-state index contributed by atoms with van der Waals surface area (Å²) in [7, 11) is 1.74. The predicted octanol–water partition coefficient (Wildman–Crippen LogP) is 0.618. The van der Waals surface area contributed by atoms with Crippen LogP contribution in [0.4, 0.5) is 0 Å². The van der Waals surface area contributed by atoms with Gasteiger partial charge in [0.15, 0.2) is 0 Å². The van der Waals surface area contributed by atoms with Gasteiger partial charge in [0.2, 0.25) is 0 Å². The molecule has 13 heavy (non-hydrogen) atoms. The summed E-state index contributed by atoms with van der Waals surface area (Å²) < 4.78 is 10.1. The van der Waals surface area contributed by atoms with Crippen LogP contribution in [0.2, 0.25) is 0 Å². The van der Waals surface area contributed by atoms with Crippen molar-refractivity contribution in [2.24, 2.45) is 0 Å². The largest absolute Gasteiger partial charge is 0.450 e. The summed E-state index contributed by atoms with van der Waals surface area (Å²) in [5.41, 5.74) is 0. The van der Waals surface area contributed by atoms with Crippen LogP contribution >= 0.6 is 0 Å². The smallest absolute Gasteiger partial charge is 0.303 e. The summed E-state index contributed by atoms with van der Waals surface area (Å²) in [6, 6.07) is 0. The Labute approximate surface area is 78.8 Å². The molecule has 0 spiro atoms. The molecule has 1 aliphatic rings. The summed E-state index contributed by atoms with van der Waals surface area (Å²) in [5, 5.41) is 0. The van der Waals surface area contributed by atoms with Crippen LogP contribution in [-0.2, 0) is 14.3 Å². The first kappa shape index (κ1) is 10.5. The fourth-order valence-corrected chi connectivity index (χ4v) is 1.46. The van der Waals surface area contributed by atoms with Crippen LogP contribution in [-0.4, -0.2) is 43.9 Å². The van der Waals surface area contributed by atoms with Crippen molar-refractivity contribution in [1.29, 1.82) is 0 Å². The molecule has 0 amide bonds. The first-order valence-corrected chi connectivity index (χ1v) is 4.61. The molecule has 1 fully saturated rings. The van der Waals surface area contributed by atoms with Crippen LogP contribution in [0.3, 0.4) is 0 Å². The van der Waals surface area contributed by atoms with Gasteiger partial charge < -0.3 is 9.47 Å². The molecule has 0 aromatic carbocycles. The quantitative estimate of drug-likeness (QED) is 0.607. The standard InChI is InChI=1S/C9H17NO3/c1-8(11)13-7-10-5-3-9(12-2)4-6-10/h9H,3-7H2,1-2H3. The number of piperidine rings is 1. The van der Waals surface area contributed by atoms with Crippen molar-refractivity contribution < 1.29 is 14.3 Å². The third-order valence-corrected chi connectivity index (χ3v) is 2.32. The first-order chi connectivity index (χ1) is 6.22. The number of methoxy groups -OCH3 is 1. The van der Waals surface area contributed by atoms with Crippen molar-refractivity contribution in [2.75, 3.05) is 26.9 Å². The van der Waals surface area contributed by atoms with Crippen molar-refractivity contribution in [2.45, 2.75) is 25.9 Å². The van der Waals surface area contributed by atoms with Gasteiger partial charge in [0.1, 0.15) is 6.73 Å². The molecule has 0 atom stereocenters. The zero-order chi connectivity index (χ0) is 9.68. The second-order valence-electron chi connectivity index (χ2n) is 3.32. The van der Waals surface area contributed by atoms with E-state index in [1.807, 2.05) is 0 Å². The number of nitrogens with zero attached hydrogens (tertiary/aromatic N) is 1. The Hall–Kier alpha value is -0.610. The topological polar surface area (TPSA) is 38.8 Å². The fraction of sp³-hybridized carbons (Fsp3) is 0.889. The third kappa shape index (κ3) is 3.74. The molecule has 1 saturated heterocycles. The summed E-state index contributed by atoms with van der Waals surface area (Å²) >= 11 is 0. The van der Waals surface area contributed by atoms with Crippen molar-refractivity contribution in [1.82, 2.24) is 4.90 Å². The zero-order valence-corrected chi connectivity index (χ0v) is 8.28. The fourth-order valence-electron chi connectivity index (χ4n) is 1.46. The number of carbonyl (C=O) groups is 1. The Morgan fingerprint density at radius 2 is 2.08 bits per heavy atom.